The van der Waals surface area contributed by atoms with Crippen LogP contribution in [0.5, 0.6) is 0 Å². The quantitative estimate of drug-likeness (QED) is 0.655. The molecule has 0 atom stereocenters. The Bertz CT molecular complexity index is 772. The Balaban J connectivity index is 2.87. The average molecular weight is 311 g/mol. The molecule has 0 saturated carbocycles. The summed E-state index contributed by atoms with van der Waals surface area (Å²) in [5.74, 6) is 5.62. The van der Waals surface area contributed by atoms with Gasteiger partial charge in [-0.15, -0.1) is 5.92 Å². The van der Waals surface area contributed by atoms with Crippen molar-refractivity contribution in [1.82, 2.24) is 19.1 Å². The van der Waals surface area contributed by atoms with Crippen molar-refractivity contribution in [2.24, 2.45) is 0 Å². The second-order valence-electron chi connectivity index (χ2n) is 3.57. The highest BCUT2D eigenvalue weighted by atomic mass is 79.9. The molecule has 2 aromatic heterocycles. The zero-order valence-corrected chi connectivity index (χ0v) is 11.5. The van der Waals surface area contributed by atoms with E-state index < -0.39 is 5.69 Å². The number of H-pyrrole nitrogens is 1. The molecule has 1 N–H and O–H groups in total. The number of hydrogen-bond acceptors (Lipinski definition) is 3. The third-order valence-electron chi connectivity index (χ3n) is 2.57. The zero-order valence-electron chi connectivity index (χ0n) is 9.95. The summed E-state index contributed by atoms with van der Waals surface area (Å²) in [7, 11) is 0. The van der Waals surface area contributed by atoms with E-state index in [1.54, 1.807) is 18.4 Å². The van der Waals surface area contributed by atoms with Crippen molar-refractivity contribution in [2.45, 2.75) is 26.9 Å². The van der Waals surface area contributed by atoms with Crippen LogP contribution >= 0.6 is 15.9 Å². The van der Waals surface area contributed by atoms with E-state index in [0.717, 1.165) is 4.57 Å². The average Bonchev–Trinajstić information content (AvgIpc) is 2.63. The number of halogens is 1. The molecule has 0 radical (unpaired) electrons. The molecule has 18 heavy (non-hydrogen) atoms. The minimum atomic E-state index is -0.450. The normalized spacial score (nSPS) is 10.4. The molecule has 0 spiro atoms. The first-order valence-electron chi connectivity index (χ1n) is 5.38. The smallest absolute Gasteiger partial charge is 0.301 e. The van der Waals surface area contributed by atoms with Gasteiger partial charge in [0.2, 0.25) is 0 Å². The fourth-order valence-electron chi connectivity index (χ4n) is 1.71. The Labute approximate surface area is 111 Å². The summed E-state index contributed by atoms with van der Waals surface area (Å²) in [5, 5.41) is 0. The van der Waals surface area contributed by atoms with E-state index >= 15 is 0 Å². The van der Waals surface area contributed by atoms with Crippen molar-refractivity contribution >= 4 is 27.1 Å². The second-order valence-corrected chi connectivity index (χ2v) is 4.28. The maximum atomic E-state index is 12.2. The summed E-state index contributed by atoms with van der Waals surface area (Å²) >= 11 is 3.26. The van der Waals surface area contributed by atoms with E-state index in [2.05, 4.69) is 37.7 Å². The second kappa shape index (κ2) is 4.82. The predicted molar refractivity (Wildman–Crippen MR) is 71.4 cm³/mol. The third kappa shape index (κ3) is 1.88. The third-order valence-corrected chi connectivity index (χ3v) is 3.17. The van der Waals surface area contributed by atoms with Gasteiger partial charge >= 0.3 is 5.69 Å². The fourth-order valence-corrected chi connectivity index (χ4v) is 2.19. The molecule has 0 aromatic carbocycles. The number of nitrogens with zero attached hydrogens (tertiary/aromatic N) is 3. The Morgan fingerprint density at radius 3 is 2.72 bits per heavy atom. The van der Waals surface area contributed by atoms with Gasteiger partial charge in [0.05, 0.1) is 6.54 Å². The Morgan fingerprint density at radius 2 is 2.11 bits per heavy atom. The molecule has 0 aliphatic carbocycles. The predicted octanol–water partition coefficient (Wildman–Crippen LogP) is 0.692. The number of nitrogens with one attached hydrogen (secondary N) is 1. The molecule has 0 fully saturated rings. The Hall–Kier alpha value is -1.81. The van der Waals surface area contributed by atoms with Gasteiger partial charge in [0.15, 0.2) is 15.9 Å². The topological polar surface area (TPSA) is 72.7 Å². The van der Waals surface area contributed by atoms with Crippen molar-refractivity contribution < 1.29 is 0 Å². The van der Waals surface area contributed by atoms with Crippen LogP contribution in [0.1, 0.15) is 13.8 Å². The molecule has 0 unspecified atom stereocenters. The number of aromatic nitrogens is 4. The minimum absolute atomic E-state index is 0.277. The molecule has 6 nitrogen and oxygen atoms in total. The van der Waals surface area contributed by atoms with Gasteiger partial charge < -0.3 is 4.57 Å². The number of fused-ring (bicyclic) bond motifs is 1. The lowest BCUT2D eigenvalue weighted by Crippen LogP contribution is -2.35. The molecule has 0 saturated heterocycles. The summed E-state index contributed by atoms with van der Waals surface area (Å²) in [5.41, 5.74) is -0.174. The summed E-state index contributed by atoms with van der Waals surface area (Å²) in [6.45, 7) is 4.12. The summed E-state index contributed by atoms with van der Waals surface area (Å²) in [6.07, 6.45) is 0. The lowest BCUT2D eigenvalue weighted by Gasteiger charge is -2.02. The molecular weight excluding hydrogens is 300 g/mol. The van der Waals surface area contributed by atoms with E-state index in [0.29, 0.717) is 23.3 Å². The van der Waals surface area contributed by atoms with E-state index in [1.165, 1.54) is 0 Å². The number of aromatic amines is 1. The van der Waals surface area contributed by atoms with Crippen molar-refractivity contribution in [3.63, 3.8) is 0 Å². The molecule has 0 aliphatic heterocycles. The van der Waals surface area contributed by atoms with Gasteiger partial charge in [0, 0.05) is 6.54 Å². The SMILES string of the molecule is CC#CCn1c(Br)nc2[nH]c(=O)n(CC)c(=O)c21. The first kappa shape index (κ1) is 12.6. The van der Waals surface area contributed by atoms with Gasteiger partial charge in [-0.25, -0.2) is 9.78 Å². The van der Waals surface area contributed by atoms with Gasteiger partial charge in [-0.2, -0.15) is 0 Å². The van der Waals surface area contributed by atoms with Crippen LogP contribution in [0.2, 0.25) is 0 Å². The van der Waals surface area contributed by atoms with E-state index in [1.807, 2.05) is 0 Å². The monoisotopic (exact) mass is 310 g/mol. The molecule has 2 aromatic rings. The van der Waals surface area contributed by atoms with E-state index in [-0.39, 0.29) is 11.2 Å². The largest absolute Gasteiger partial charge is 0.330 e. The first-order valence-corrected chi connectivity index (χ1v) is 6.17. The van der Waals surface area contributed by atoms with E-state index in [4.69, 9.17) is 0 Å². The minimum Gasteiger partial charge on any atom is -0.301 e. The first-order chi connectivity index (χ1) is 8.60. The highest BCUT2D eigenvalue weighted by Crippen LogP contribution is 2.14. The highest BCUT2D eigenvalue weighted by Gasteiger charge is 2.15. The van der Waals surface area contributed by atoms with E-state index in [9.17, 15) is 9.59 Å². The Morgan fingerprint density at radius 1 is 1.39 bits per heavy atom. The van der Waals surface area contributed by atoms with Crippen LogP contribution in [0.15, 0.2) is 14.3 Å². The van der Waals surface area contributed by atoms with Crippen LogP contribution in [0.3, 0.4) is 0 Å². The van der Waals surface area contributed by atoms with Crippen LogP contribution in [-0.4, -0.2) is 19.1 Å². The zero-order chi connectivity index (χ0) is 13.3. The molecule has 94 valence electrons. The Kier molecular flexibility index (Phi) is 3.39. The van der Waals surface area contributed by atoms with Crippen LogP contribution in [-0.2, 0) is 13.1 Å². The van der Waals surface area contributed by atoms with Gasteiger partial charge in [0.25, 0.3) is 5.56 Å². The molecular formula is C11H11BrN4O2. The van der Waals surface area contributed by atoms with Crippen molar-refractivity contribution in [1.29, 1.82) is 0 Å². The molecule has 7 heteroatoms. The van der Waals surface area contributed by atoms with Crippen LogP contribution in [0.4, 0.5) is 0 Å². The van der Waals surface area contributed by atoms with Gasteiger partial charge in [-0.1, -0.05) is 5.92 Å². The van der Waals surface area contributed by atoms with Gasteiger partial charge in [-0.3, -0.25) is 14.3 Å². The maximum absolute atomic E-state index is 12.2. The summed E-state index contributed by atoms with van der Waals surface area (Å²) in [4.78, 5) is 30.5. The number of imidazole rings is 1. The summed E-state index contributed by atoms with van der Waals surface area (Å²) < 4.78 is 3.24. The highest BCUT2D eigenvalue weighted by molar-refractivity contribution is 9.10. The lowest BCUT2D eigenvalue weighted by atomic mass is 10.5. The fraction of sp³-hybridized carbons (Fsp3) is 0.364. The molecule has 0 aliphatic rings. The number of rotatable bonds is 2. The van der Waals surface area contributed by atoms with Gasteiger partial charge in [0.1, 0.15) is 0 Å². The maximum Gasteiger partial charge on any atom is 0.330 e. The van der Waals surface area contributed by atoms with Crippen molar-refractivity contribution in [3.05, 3.63) is 25.6 Å². The standard InChI is InChI=1S/C11H11BrN4O2/c1-3-5-6-16-7-8(13-10(16)12)14-11(18)15(4-2)9(7)17/h4,6H2,1-2H3,(H,14,18). The van der Waals surface area contributed by atoms with Gasteiger partial charge in [-0.05, 0) is 29.8 Å². The number of hydrogen-bond donors (Lipinski definition) is 1. The van der Waals surface area contributed by atoms with Crippen LogP contribution in [0.25, 0.3) is 11.2 Å². The lowest BCUT2D eigenvalue weighted by molar-refractivity contribution is 0.677. The van der Waals surface area contributed by atoms with Crippen molar-refractivity contribution in [2.75, 3.05) is 0 Å². The van der Waals surface area contributed by atoms with Crippen LogP contribution < -0.4 is 11.2 Å². The molecule has 0 amide bonds. The van der Waals surface area contributed by atoms with Crippen LogP contribution in [0, 0.1) is 11.8 Å². The molecule has 2 rings (SSSR count). The summed E-state index contributed by atoms with van der Waals surface area (Å²) in [6, 6.07) is 0. The van der Waals surface area contributed by atoms with Crippen molar-refractivity contribution in [3.8, 4) is 11.8 Å². The molecule has 0 bridgehead atoms. The molecule has 2 heterocycles.